The zero-order valence-corrected chi connectivity index (χ0v) is 15.7. The van der Waals surface area contributed by atoms with E-state index in [1.165, 1.54) is 11.0 Å². The standard InChI is InChI=1S/C22H22FN3O2/c1-14-6-7-20(18(23)10-14)26-13-16(11-21(26)27)22(28)24-9-8-15-12-25-19-5-3-2-4-17(15)19/h2-7,10,12,16,25H,8-9,11,13H2,1H3,(H,24,28). The third-order valence-electron chi connectivity index (χ3n) is 5.26. The van der Waals surface area contributed by atoms with Gasteiger partial charge in [-0.1, -0.05) is 24.3 Å². The Balaban J connectivity index is 1.36. The number of carbonyl (C=O) groups is 2. The Morgan fingerprint density at radius 1 is 1.29 bits per heavy atom. The first kappa shape index (κ1) is 18.2. The highest BCUT2D eigenvalue weighted by molar-refractivity contribution is 6.00. The number of anilines is 1. The van der Waals surface area contributed by atoms with E-state index >= 15 is 0 Å². The van der Waals surface area contributed by atoms with Crippen molar-refractivity contribution in [1.29, 1.82) is 0 Å². The van der Waals surface area contributed by atoms with Crippen molar-refractivity contribution < 1.29 is 14.0 Å². The highest BCUT2D eigenvalue weighted by Crippen LogP contribution is 2.28. The van der Waals surface area contributed by atoms with Crippen LogP contribution in [0, 0.1) is 18.7 Å². The second-order valence-corrected chi connectivity index (χ2v) is 7.26. The average molecular weight is 379 g/mol. The van der Waals surface area contributed by atoms with Gasteiger partial charge < -0.3 is 15.2 Å². The van der Waals surface area contributed by atoms with E-state index in [1.54, 1.807) is 19.1 Å². The van der Waals surface area contributed by atoms with Gasteiger partial charge in [0.15, 0.2) is 0 Å². The summed E-state index contributed by atoms with van der Waals surface area (Å²) in [6.07, 6.45) is 2.76. The third-order valence-corrected chi connectivity index (χ3v) is 5.26. The van der Waals surface area contributed by atoms with Gasteiger partial charge in [-0.05, 0) is 42.7 Å². The molecule has 2 aromatic carbocycles. The molecule has 1 unspecified atom stereocenters. The maximum absolute atomic E-state index is 14.2. The summed E-state index contributed by atoms with van der Waals surface area (Å²) in [5.74, 6) is -1.28. The van der Waals surface area contributed by atoms with Crippen LogP contribution >= 0.6 is 0 Å². The lowest BCUT2D eigenvalue weighted by atomic mass is 10.1. The molecule has 144 valence electrons. The van der Waals surface area contributed by atoms with E-state index in [0.717, 1.165) is 22.0 Å². The number of carbonyl (C=O) groups excluding carboxylic acids is 2. The van der Waals surface area contributed by atoms with Crippen LogP contribution in [-0.4, -0.2) is 29.9 Å². The molecule has 5 nitrogen and oxygen atoms in total. The first-order valence-corrected chi connectivity index (χ1v) is 9.42. The Kier molecular flexibility index (Phi) is 4.86. The molecule has 2 heterocycles. The maximum Gasteiger partial charge on any atom is 0.227 e. The average Bonchev–Trinajstić information content (AvgIpc) is 3.26. The first-order chi connectivity index (χ1) is 13.5. The summed E-state index contributed by atoms with van der Waals surface area (Å²) < 4.78 is 14.2. The maximum atomic E-state index is 14.2. The fourth-order valence-electron chi connectivity index (χ4n) is 3.75. The van der Waals surface area contributed by atoms with Crippen LogP contribution in [0.4, 0.5) is 10.1 Å². The van der Waals surface area contributed by atoms with Crippen LogP contribution in [0.5, 0.6) is 0 Å². The van der Waals surface area contributed by atoms with Gasteiger partial charge in [-0.3, -0.25) is 9.59 Å². The summed E-state index contributed by atoms with van der Waals surface area (Å²) in [7, 11) is 0. The molecule has 4 rings (SSSR count). The zero-order valence-electron chi connectivity index (χ0n) is 15.7. The predicted molar refractivity (Wildman–Crippen MR) is 107 cm³/mol. The van der Waals surface area contributed by atoms with Crippen LogP contribution in [0.1, 0.15) is 17.5 Å². The van der Waals surface area contributed by atoms with Crippen molar-refractivity contribution in [3.63, 3.8) is 0 Å². The van der Waals surface area contributed by atoms with Crippen LogP contribution < -0.4 is 10.2 Å². The highest BCUT2D eigenvalue weighted by atomic mass is 19.1. The van der Waals surface area contributed by atoms with Gasteiger partial charge in [-0.2, -0.15) is 0 Å². The third kappa shape index (κ3) is 3.50. The van der Waals surface area contributed by atoms with Gasteiger partial charge >= 0.3 is 0 Å². The number of aryl methyl sites for hydroxylation is 1. The van der Waals surface area contributed by atoms with Crippen LogP contribution in [0.15, 0.2) is 48.7 Å². The molecule has 3 aromatic rings. The second kappa shape index (κ2) is 7.46. The van der Waals surface area contributed by atoms with Gasteiger partial charge in [-0.15, -0.1) is 0 Å². The minimum absolute atomic E-state index is 0.103. The van der Waals surface area contributed by atoms with Crippen LogP contribution in [0.2, 0.25) is 0 Å². The lowest BCUT2D eigenvalue weighted by Gasteiger charge is -2.17. The van der Waals surface area contributed by atoms with E-state index in [0.29, 0.717) is 13.0 Å². The molecule has 28 heavy (non-hydrogen) atoms. The molecule has 0 radical (unpaired) electrons. The molecule has 0 spiro atoms. The molecule has 1 aliphatic heterocycles. The van der Waals surface area contributed by atoms with Gasteiger partial charge in [0.05, 0.1) is 11.6 Å². The summed E-state index contributed by atoms with van der Waals surface area (Å²) in [6, 6.07) is 12.8. The van der Waals surface area contributed by atoms with Crippen molar-refractivity contribution in [2.45, 2.75) is 19.8 Å². The lowest BCUT2D eigenvalue weighted by Crippen LogP contribution is -2.34. The zero-order chi connectivity index (χ0) is 19.7. The Hall–Kier alpha value is -3.15. The largest absolute Gasteiger partial charge is 0.361 e. The van der Waals surface area contributed by atoms with Gasteiger partial charge in [0, 0.05) is 36.6 Å². The number of H-pyrrole nitrogens is 1. The molecule has 2 N–H and O–H groups in total. The lowest BCUT2D eigenvalue weighted by molar-refractivity contribution is -0.126. The smallest absolute Gasteiger partial charge is 0.227 e. The van der Waals surface area contributed by atoms with Crippen molar-refractivity contribution in [2.75, 3.05) is 18.0 Å². The number of para-hydroxylation sites is 1. The number of benzene rings is 2. The molecule has 0 aliphatic carbocycles. The van der Waals surface area contributed by atoms with Crippen molar-refractivity contribution in [3.8, 4) is 0 Å². The Morgan fingerprint density at radius 3 is 2.93 bits per heavy atom. The Bertz CT molecular complexity index is 1040. The molecule has 2 amide bonds. The van der Waals surface area contributed by atoms with E-state index < -0.39 is 11.7 Å². The fraction of sp³-hybridized carbons (Fsp3) is 0.273. The number of halogens is 1. The van der Waals surface area contributed by atoms with Gasteiger partial charge in [0.2, 0.25) is 11.8 Å². The summed E-state index contributed by atoms with van der Waals surface area (Å²) in [5.41, 5.74) is 3.24. The van der Waals surface area contributed by atoms with Gasteiger partial charge in [0.25, 0.3) is 0 Å². The number of rotatable bonds is 5. The number of hydrogen-bond donors (Lipinski definition) is 2. The number of nitrogens with one attached hydrogen (secondary N) is 2. The molecule has 1 saturated heterocycles. The van der Waals surface area contributed by atoms with E-state index in [4.69, 9.17) is 0 Å². The van der Waals surface area contributed by atoms with Crippen LogP contribution in [-0.2, 0) is 16.0 Å². The molecular weight excluding hydrogens is 357 g/mol. The molecular formula is C22H22FN3O2. The Labute approximate surface area is 162 Å². The number of aromatic amines is 1. The van der Waals surface area contributed by atoms with Crippen LogP contribution in [0.3, 0.4) is 0 Å². The van der Waals surface area contributed by atoms with E-state index in [-0.39, 0.29) is 30.5 Å². The van der Waals surface area contributed by atoms with Crippen molar-refractivity contribution >= 4 is 28.4 Å². The topological polar surface area (TPSA) is 65.2 Å². The fourth-order valence-corrected chi connectivity index (χ4v) is 3.75. The highest BCUT2D eigenvalue weighted by Gasteiger charge is 2.36. The number of nitrogens with zero attached hydrogens (tertiary/aromatic N) is 1. The molecule has 6 heteroatoms. The molecule has 0 bridgehead atoms. The van der Waals surface area contributed by atoms with Crippen molar-refractivity contribution in [3.05, 3.63) is 65.6 Å². The van der Waals surface area contributed by atoms with Crippen molar-refractivity contribution in [1.82, 2.24) is 10.3 Å². The van der Waals surface area contributed by atoms with Crippen molar-refractivity contribution in [2.24, 2.45) is 5.92 Å². The van der Waals surface area contributed by atoms with E-state index in [2.05, 4.69) is 10.3 Å². The summed E-state index contributed by atoms with van der Waals surface area (Å²) in [4.78, 5) is 29.4. The molecule has 1 atom stereocenters. The first-order valence-electron chi connectivity index (χ1n) is 9.42. The summed E-state index contributed by atoms with van der Waals surface area (Å²) in [6.45, 7) is 2.49. The molecule has 1 aliphatic rings. The number of amides is 2. The van der Waals surface area contributed by atoms with Gasteiger partial charge in [-0.25, -0.2) is 4.39 Å². The number of hydrogen-bond acceptors (Lipinski definition) is 2. The SMILES string of the molecule is Cc1ccc(N2CC(C(=O)NCCc3c[nH]c4ccccc34)CC2=O)c(F)c1. The van der Waals surface area contributed by atoms with E-state index in [1.807, 2.05) is 30.5 Å². The number of fused-ring (bicyclic) bond motifs is 1. The molecule has 0 saturated carbocycles. The minimum Gasteiger partial charge on any atom is -0.361 e. The second-order valence-electron chi connectivity index (χ2n) is 7.26. The Morgan fingerprint density at radius 2 is 2.11 bits per heavy atom. The summed E-state index contributed by atoms with van der Waals surface area (Å²) >= 11 is 0. The van der Waals surface area contributed by atoms with Gasteiger partial charge in [0.1, 0.15) is 5.82 Å². The normalized spacial score (nSPS) is 16.7. The molecule has 1 aromatic heterocycles. The predicted octanol–water partition coefficient (Wildman–Crippen LogP) is 3.33. The minimum atomic E-state index is -0.462. The number of aromatic nitrogens is 1. The van der Waals surface area contributed by atoms with E-state index in [9.17, 15) is 14.0 Å². The molecule has 1 fully saturated rings. The summed E-state index contributed by atoms with van der Waals surface area (Å²) in [5, 5.41) is 4.07. The monoisotopic (exact) mass is 379 g/mol. The van der Waals surface area contributed by atoms with Crippen LogP contribution in [0.25, 0.3) is 10.9 Å². The quantitative estimate of drug-likeness (QED) is 0.714.